The molecule has 0 atom stereocenters. The highest BCUT2D eigenvalue weighted by molar-refractivity contribution is 7.85. The number of phenols is 1. The van der Waals surface area contributed by atoms with E-state index in [1.165, 1.54) is 48.5 Å². The quantitative estimate of drug-likeness (QED) is 0.101. The van der Waals surface area contributed by atoms with Crippen molar-refractivity contribution in [3.8, 4) is 5.75 Å². The summed E-state index contributed by atoms with van der Waals surface area (Å²) in [6, 6.07) is 16.9. The first-order chi connectivity index (χ1) is 19.0. The van der Waals surface area contributed by atoms with Crippen LogP contribution in [0.4, 0.5) is 17.1 Å². The number of carbonyl (C=O) groups is 1. The van der Waals surface area contributed by atoms with Gasteiger partial charge in [-0.15, -0.1) is 0 Å². The molecule has 0 saturated carbocycles. The summed E-state index contributed by atoms with van der Waals surface area (Å²) in [5.41, 5.74) is 5.11. The van der Waals surface area contributed by atoms with E-state index in [9.17, 15) is 32.5 Å². The number of hydrogen-bond donors (Lipinski definition) is 6. The van der Waals surface area contributed by atoms with E-state index in [1.807, 2.05) is 0 Å². The fourth-order valence-electron chi connectivity index (χ4n) is 4.23. The maximum absolute atomic E-state index is 13.4. The van der Waals surface area contributed by atoms with E-state index in [1.54, 1.807) is 18.2 Å². The average Bonchev–Trinajstić information content (AvgIpc) is 2.92. The Labute approximate surface area is 223 Å². The monoisotopic (exact) mass is 558 g/mol. The van der Waals surface area contributed by atoms with Gasteiger partial charge in [-0.25, -0.2) is 9.79 Å². The molecule has 0 radical (unpaired) electrons. The first-order valence-corrected chi connectivity index (χ1v) is 12.9. The fourth-order valence-corrected chi connectivity index (χ4v) is 4.85. The van der Waals surface area contributed by atoms with Crippen LogP contribution in [0.5, 0.6) is 5.75 Å². The first kappa shape index (κ1) is 26.2. The Balaban J connectivity index is 1.62. The molecule has 0 aliphatic heterocycles. The van der Waals surface area contributed by atoms with Gasteiger partial charge in [-0.05, 0) is 48.5 Å². The standard InChI is InChI=1S/C27H18N4O8S/c28-24-21(40(37,38)39)12-19(22-23(24)26(34)17-4-2-1-3-16(17)25(22)33)29-13-5-7-14(8-6-13)30-31-15-9-10-20(32)18(11-15)27(35)36/h1-12,28,30-32H,(H,35,36)(H,37,38,39). The normalized spacial score (nSPS) is 12.1. The largest absolute Gasteiger partial charge is 0.507 e. The van der Waals surface area contributed by atoms with Crippen LogP contribution in [0.15, 0.2) is 92.3 Å². The second-order valence-corrected chi connectivity index (χ2v) is 10.0. The van der Waals surface area contributed by atoms with Crippen molar-refractivity contribution in [1.29, 1.82) is 5.41 Å². The van der Waals surface area contributed by atoms with Crippen LogP contribution in [0.1, 0.15) is 10.4 Å². The third kappa shape index (κ3) is 4.66. The molecule has 3 aromatic carbocycles. The van der Waals surface area contributed by atoms with E-state index in [0.29, 0.717) is 11.4 Å². The van der Waals surface area contributed by atoms with Crippen molar-refractivity contribution in [2.75, 3.05) is 10.9 Å². The summed E-state index contributed by atoms with van der Waals surface area (Å²) in [6.45, 7) is 0. The Hall–Kier alpha value is -5.40. The van der Waals surface area contributed by atoms with E-state index in [-0.39, 0.29) is 38.3 Å². The van der Waals surface area contributed by atoms with Gasteiger partial charge in [-0.1, -0.05) is 24.3 Å². The smallest absolute Gasteiger partial charge is 0.339 e. The van der Waals surface area contributed by atoms with Gasteiger partial charge in [0.05, 0.1) is 38.2 Å². The lowest BCUT2D eigenvalue weighted by Gasteiger charge is -2.11. The molecule has 0 bridgehead atoms. The SMILES string of the molecule is N=c1c(S(=O)(=O)O)cc(=Nc2ccc(NNc3ccc(O)c(C(=O)O)c3)cc2)c2c(=O)c3ccccc3c(=O)c1=2. The third-order valence-electron chi connectivity index (χ3n) is 6.11. The predicted molar refractivity (Wildman–Crippen MR) is 144 cm³/mol. The molecule has 0 aromatic heterocycles. The first-order valence-electron chi connectivity index (χ1n) is 11.4. The average molecular weight is 559 g/mol. The van der Waals surface area contributed by atoms with Gasteiger partial charge >= 0.3 is 5.97 Å². The number of nitrogens with one attached hydrogen (secondary N) is 3. The minimum atomic E-state index is -4.93. The minimum Gasteiger partial charge on any atom is -0.507 e. The molecule has 6 N–H and O–H groups in total. The molecule has 200 valence electrons. The van der Waals surface area contributed by atoms with Crippen molar-refractivity contribution in [3.63, 3.8) is 0 Å². The molecule has 0 unspecified atom stereocenters. The molecule has 40 heavy (non-hydrogen) atoms. The van der Waals surface area contributed by atoms with E-state index in [2.05, 4.69) is 15.8 Å². The van der Waals surface area contributed by atoms with Gasteiger partial charge in [-0.2, -0.15) is 8.42 Å². The summed E-state index contributed by atoms with van der Waals surface area (Å²) in [5, 5.41) is 25.5. The molecule has 3 aromatic rings. The lowest BCUT2D eigenvalue weighted by atomic mass is 10.0. The number of aromatic hydroxyl groups is 1. The number of hydrazine groups is 1. The van der Waals surface area contributed by atoms with Gasteiger partial charge in [-0.3, -0.25) is 19.6 Å². The van der Waals surface area contributed by atoms with Crippen LogP contribution in [-0.4, -0.2) is 29.2 Å². The fraction of sp³-hybridized carbons (Fsp3) is 0. The highest BCUT2D eigenvalue weighted by atomic mass is 32.2. The van der Waals surface area contributed by atoms with E-state index in [0.717, 1.165) is 6.07 Å². The maximum Gasteiger partial charge on any atom is 0.339 e. The molecule has 2 aliphatic rings. The molecule has 12 nitrogen and oxygen atoms in total. The summed E-state index contributed by atoms with van der Waals surface area (Å²) >= 11 is 0. The van der Waals surface area contributed by atoms with Gasteiger partial charge < -0.3 is 21.1 Å². The van der Waals surface area contributed by atoms with Crippen LogP contribution in [0, 0.1) is 15.8 Å². The summed E-state index contributed by atoms with van der Waals surface area (Å²) in [5.74, 6) is -1.68. The molecule has 2 aliphatic carbocycles. The highest BCUT2D eigenvalue weighted by Gasteiger charge is 2.19. The highest BCUT2D eigenvalue weighted by Crippen LogP contribution is 2.22. The number of anilines is 2. The van der Waals surface area contributed by atoms with Gasteiger partial charge in [0.2, 0.25) is 0 Å². The van der Waals surface area contributed by atoms with E-state index < -0.39 is 42.4 Å². The van der Waals surface area contributed by atoms with Crippen LogP contribution in [0.2, 0.25) is 0 Å². The van der Waals surface area contributed by atoms with Crippen molar-refractivity contribution < 1.29 is 28.0 Å². The van der Waals surface area contributed by atoms with Crippen LogP contribution in [0.3, 0.4) is 0 Å². The van der Waals surface area contributed by atoms with Gasteiger partial charge in [0.15, 0.2) is 10.9 Å². The third-order valence-corrected chi connectivity index (χ3v) is 6.99. The van der Waals surface area contributed by atoms with Crippen LogP contribution in [-0.2, 0) is 10.1 Å². The van der Waals surface area contributed by atoms with E-state index in [4.69, 9.17) is 10.5 Å². The van der Waals surface area contributed by atoms with E-state index >= 15 is 0 Å². The molecule has 5 rings (SSSR count). The van der Waals surface area contributed by atoms with Crippen LogP contribution < -0.4 is 32.4 Å². The zero-order valence-electron chi connectivity index (χ0n) is 20.2. The molecule has 0 saturated heterocycles. The summed E-state index contributed by atoms with van der Waals surface area (Å²) in [4.78, 5) is 41.3. The molecule has 0 amide bonds. The Morgan fingerprint density at radius 3 is 2.00 bits per heavy atom. The number of hydrogen-bond acceptors (Lipinski definition) is 10. The number of fused-ring (bicyclic) bond motifs is 1. The maximum atomic E-state index is 13.4. The van der Waals surface area contributed by atoms with Gasteiger partial charge in [0, 0.05) is 10.8 Å². The second kappa shape index (κ2) is 9.72. The number of carboxylic acids is 1. The van der Waals surface area contributed by atoms with Gasteiger partial charge in [0.25, 0.3) is 10.1 Å². The zero-order valence-corrected chi connectivity index (χ0v) is 21.0. The molecular formula is C27H18N4O8S. The number of rotatable bonds is 6. The van der Waals surface area contributed by atoms with Crippen molar-refractivity contribution in [1.82, 2.24) is 0 Å². The van der Waals surface area contributed by atoms with Crippen LogP contribution in [0.25, 0.3) is 10.8 Å². The Kier molecular flexibility index (Phi) is 6.37. The number of nitrogens with zero attached hydrogens (tertiary/aromatic N) is 1. The van der Waals surface area contributed by atoms with Crippen molar-refractivity contribution in [3.05, 3.63) is 120 Å². The Morgan fingerprint density at radius 1 is 0.825 bits per heavy atom. The second-order valence-electron chi connectivity index (χ2n) is 8.64. The summed E-state index contributed by atoms with van der Waals surface area (Å²) in [6.07, 6.45) is 0. The molecule has 0 spiro atoms. The lowest BCUT2D eigenvalue weighted by Crippen LogP contribution is -2.32. The minimum absolute atomic E-state index is 0.0129. The molecular weight excluding hydrogens is 540 g/mol. The Bertz CT molecular complexity index is 2240. The number of benzene rings is 3. The molecule has 13 heteroatoms. The Morgan fingerprint density at radius 2 is 1.40 bits per heavy atom. The number of aromatic carboxylic acids is 1. The summed E-state index contributed by atoms with van der Waals surface area (Å²) in [7, 11) is -4.93. The lowest BCUT2D eigenvalue weighted by molar-refractivity contribution is 0.0693. The molecule has 0 heterocycles. The molecule has 0 fully saturated rings. The summed E-state index contributed by atoms with van der Waals surface area (Å²) < 4.78 is 33.8. The number of carboxylic acid groups (broad SMARTS) is 1. The van der Waals surface area contributed by atoms with Crippen molar-refractivity contribution in [2.45, 2.75) is 4.90 Å². The predicted octanol–water partition coefficient (Wildman–Crippen LogP) is 1.96. The topological polar surface area (TPSA) is 206 Å². The van der Waals surface area contributed by atoms with Crippen molar-refractivity contribution in [2.24, 2.45) is 4.99 Å². The zero-order chi connectivity index (χ0) is 28.8. The van der Waals surface area contributed by atoms with Crippen LogP contribution >= 0.6 is 0 Å². The van der Waals surface area contributed by atoms with Gasteiger partial charge in [0.1, 0.15) is 16.2 Å². The van der Waals surface area contributed by atoms with Crippen molar-refractivity contribution >= 4 is 43.9 Å².